The number of aliphatic hydroxyl groups excluding tert-OH is 1. The molecule has 1 heterocycles. The van der Waals surface area contributed by atoms with E-state index in [4.69, 9.17) is 28.2 Å². The fraction of sp³-hybridized carbons (Fsp3) is 0.154. The third-order valence-electron chi connectivity index (χ3n) is 2.49. The minimum atomic E-state index is -0.107. The Morgan fingerprint density at radius 2 is 2.21 bits per heavy atom. The Kier molecular flexibility index (Phi) is 4.79. The lowest BCUT2D eigenvalue weighted by Gasteiger charge is -2.12. The molecule has 0 aliphatic rings. The number of anilines is 1. The second-order valence-electron chi connectivity index (χ2n) is 3.85. The Bertz CT molecular complexity index is 558. The number of aliphatic hydroxyl groups is 1. The van der Waals surface area contributed by atoms with Gasteiger partial charge in [-0.25, -0.2) is 0 Å². The van der Waals surface area contributed by atoms with E-state index in [1.54, 1.807) is 24.5 Å². The molecule has 0 atom stereocenters. The largest absolute Gasteiger partial charge is 0.467 e. The zero-order valence-corrected chi connectivity index (χ0v) is 11.6. The van der Waals surface area contributed by atoms with Gasteiger partial charge in [-0.3, -0.25) is 0 Å². The van der Waals surface area contributed by atoms with E-state index in [2.05, 4.69) is 10.6 Å². The fourth-order valence-corrected chi connectivity index (χ4v) is 1.94. The van der Waals surface area contributed by atoms with Crippen molar-refractivity contribution in [2.45, 2.75) is 13.2 Å². The van der Waals surface area contributed by atoms with Crippen molar-refractivity contribution in [3.05, 3.63) is 52.9 Å². The molecule has 3 N–H and O–H groups in total. The summed E-state index contributed by atoms with van der Waals surface area (Å²) in [7, 11) is 0. The SMILES string of the molecule is OCc1cc(Cl)ccc1NC(=S)NCc1ccco1. The predicted octanol–water partition coefficient (Wildman–Crippen LogP) is 2.91. The van der Waals surface area contributed by atoms with Gasteiger partial charge in [-0.05, 0) is 42.5 Å². The minimum absolute atomic E-state index is 0.107. The highest BCUT2D eigenvalue weighted by Crippen LogP contribution is 2.20. The number of halogens is 1. The lowest BCUT2D eigenvalue weighted by Crippen LogP contribution is -2.28. The molecule has 0 radical (unpaired) electrons. The molecule has 100 valence electrons. The van der Waals surface area contributed by atoms with Gasteiger partial charge in [0.1, 0.15) is 5.76 Å². The molecule has 1 aromatic heterocycles. The summed E-state index contributed by atoms with van der Waals surface area (Å²) in [6, 6.07) is 8.87. The lowest BCUT2D eigenvalue weighted by atomic mass is 10.2. The molecule has 19 heavy (non-hydrogen) atoms. The summed E-state index contributed by atoms with van der Waals surface area (Å²) in [6.45, 7) is 0.393. The average molecular weight is 297 g/mol. The maximum Gasteiger partial charge on any atom is 0.171 e. The third-order valence-corrected chi connectivity index (χ3v) is 2.97. The highest BCUT2D eigenvalue weighted by Gasteiger charge is 2.05. The van der Waals surface area contributed by atoms with Crippen LogP contribution in [0.15, 0.2) is 41.0 Å². The molecule has 2 rings (SSSR count). The number of hydrogen-bond acceptors (Lipinski definition) is 3. The van der Waals surface area contributed by atoms with E-state index in [0.717, 1.165) is 11.4 Å². The predicted molar refractivity (Wildman–Crippen MR) is 79.1 cm³/mol. The molecule has 0 amide bonds. The second kappa shape index (κ2) is 6.56. The van der Waals surface area contributed by atoms with Gasteiger partial charge in [0.2, 0.25) is 0 Å². The lowest BCUT2D eigenvalue weighted by molar-refractivity contribution is 0.282. The maximum absolute atomic E-state index is 9.26. The van der Waals surface area contributed by atoms with Crippen LogP contribution in [0.4, 0.5) is 5.69 Å². The highest BCUT2D eigenvalue weighted by atomic mass is 35.5. The molecular weight excluding hydrogens is 284 g/mol. The molecule has 4 nitrogen and oxygen atoms in total. The van der Waals surface area contributed by atoms with Crippen molar-refractivity contribution in [3.63, 3.8) is 0 Å². The monoisotopic (exact) mass is 296 g/mol. The summed E-state index contributed by atoms with van der Waals surface area (Å²) in [5, 5.41) is 16.3. The Morgan fingerprint density at radius 1 is 1.37 bits per heavy atom. The van der Waals surface area contributed by atoms with E-state index in [0.29, 0.717) is 22.2 Å². The molecule has 0 saturated heterocycles. The van der Waals surface area contributed by atoms with Crippen LogP contribution >= 0.6 is 23.8 Å². The Labute approximate surface area is 121 Å². The van der Waals surface area contributed by atoms with Crippen LogP contribution in [0.1, 0.15) is 11.3 Å². The summed E-state index contributed by atoms with van der Waals surface area (Å²) in [5.74, 6) is 0.794. The van der Waals surface area contributed by atoms with Crippen LogP contribution in [0.5, 0.6) is 0 Å². The highest BCUT2D eigenvalue weighted by molar-refractivity contribution is 7.80. The number of nitrogens with one attached hydrogen (secondary N) is 2. The third kappa shape index (κ3) is 3.96. The molecule has 2 aromatic rings. The first-order valence-electron chi connectivity index (χ1n) is 5.65. The summed E-state index contributed by atoms with van der Waals surface area (Å²) in [6.07, 6.45) is 1.61. The molecule has 0 spiro atoms. The molecule has 6 heteroatoms. The normalized spacial score (nSPS) is 10.2. The molecule has 0 aliphatic carbocycles. The van der Waals surface area contributed by atoms with E-state index in [1.165, 1.54) is 0 Å². The van der Waals surface area contributed by atoms with Crippen molar-refractivity contribution < 1.29 is 9.52 Å². The van der Waals surface area contributed by atoms with Crippen molar-refractivity contribution in [2.24, 2.45) is 0 Å². The zero-order chi connectivity index (χ0) is 13.7. The quantitative estimate of drug-likeness (QED) is 0.758. The maximum atomic E-state index is 9.26. The van der Waals surface area contributed by atoms with Crippen molar-refractivity contribution in [3.8, 4) is 0 Å². The topological polar surface area (TPSA) is 57.4 Å². The van der Waals surface area contributed by atoms with E-state index in [-0.39, 0.29) is 6.61 Å². The summed E-state index contributed by atoms with van der Waals surface area (Å²) >= 11 is 11.0. The van der Waals surface area contributed by atoms with Crippen LogP contribution in [0.25, 0.3) is 0 Å². The van der Waals surface area contributed by atoms with Gasteiger partial charge in [-0.15, -0.1) is 0 Å². The van der Waals surface area contributed by atoms with Gasteiger partial charge in [0, 0.05) is 16.3 Å². The first-order valence-corrected chi connectivity index (χ1v) is 6.44. The Hall–Kier alpha value is -1.56. The van der Waals surface area contributed by atoms with E-state index in [1.807, 2.05) is 12.1 Å². The first kappa shape index (κ1) is 13.9. The first-order chi connectivity index (χ1) is 9.19. The summed E-state index contributed by atoms with van der Waals surface area (Å²) < 4.78 is 5.19. The second-order valence-corrected chi connectivity index (χ2v) is 4.69. The minimum Gasteiger partial charge on any atom is -0.467 e. The average Bonchev–Trinajstić information content (AvgIpc) is 2.91. The van der Waals surface area contributed by atoms with Crippen LogP contribution in [0.2, 0.25) is 5.02 Å². The number of hydrogen-bond donors (Lipinski definition) is 3. The van der Waals surface area contributed by atoms with E-state index >= 15 is 0 Å². The fourth-order valence-electron chi connectivity index (χ4n) is 1.56. The number of thiocarbonyl (C=S) groups is 1. The standard InChI is InChI=1S/C13H13ClN2O2S/c14-10-3-4-12(9(6-10)8-17)16-13(19)15-7-11-2-1-5-18-11/h1-6,17H,7-8H2,(H2,15,16,19). The van der Waals surface area contributed by atoms with Gasteiger partial charge >= 0.3 is 0 Å². The van der Waals surface area contributed by atoms with Gasteiger partial charge in [-0.2, -0.15) is 0 Å². The van der Waals surface area contributed by atoms with Crippen molar-refractivity contribution in [2.75, 3.05) is 5.32 Å². The summed E-state index contributed by atoms with van der Waals surface area (Å²) in [5.41, 5.74) is 1.42. The Balaban J connectivity index is 1.95. The molecule has 1 aromatic carbocycles. The Morgan fingerprint density at radius 3 is 2.89 bits per heavy atom. The molecule has 0 aliphatic heterocycles. The molecule has 0 unspecified atom stereocenters. The molecule has 0 fully saturated rings. The van der Waals surface area contributed by atoms with E-state index in [9.17, 15) is 5.11 Å². The molecule has 0 saturated carbocycles. The smallest absolute Gasteiger partial charge is 0.171 e. The van der Waals surface area contributed by atoms with Crippen LogP contribution in [-0.4, -0.2) is 10.2 Å². The van der Waals surface area contributed by atoms with Gasteiger partial charge in [0.05, 0.1) is 19.4 Å². The van der Waals surface area contributed by atoms with Crippen LogP contribution in [-0.2, 0) is 13.2 Å². The molecular formula is C13H13ClN2O2S. The van der Waals surface area contributed by atoms with Gasteiger partial charge in [-0.1, -0.05) is 11.6 Å². The van der Waals surface area contributed by atoms with Crippen LogP contribution in [0, 0.1) is 0 Å². The number of furan rings is 1. The van der Waals surface area contributed by atoms with Crippen molar-refractivity contribution in [1.29, 1.82) is 0 Å². The van der Waals surface area contributed by atoms with Crippen LogP contribution in [0.3, 0.4) is 0 Å². The number of benzene rings is 1. The van der Waals surface area contributed by atoms with Gasteiger partial charge < -0.3 is 20.2 Å². The van der Waals surface area contributed by atoms with Crippen LogP contribution < -0.4 is 10.6 Å². The van der Waals surface area contributed by atoms with Gasteiger partial charge in [0.15, 0.2) is 5.11 Å². The van der Waals surface area contributed by atoms with Gasteiger partial charge in [0.25, 0.3) is 0 Å². The van der Waals surface area contributed by atoms with Crippen molar-refractivity contribution in [1.82, 2.24) is 5.32 Å². The van der Waals surface area contributed by atoms with Crippen molar-refractivity contribution >= 4 is 34.6 Å². The zero-order valence-electron chi connectivity index (χ0n) is 10.0. The van der Waals surface area contributed by atoms with E-state index < -0.39 is 0 Å². The summed E-state index contributed by atoms with van der Waals surface area (Å²) in [4.78, 5) is 0. The number of rotatable bonds is 4. The molecule has 0 bridgehead atoms.